The summed E-state index contributed by atoms with van der Waals surface area (Å²) in [6.45, 7) is 7.18. The highest BCUT2D eigenvalue weighted by Gasteiger charge is 2.36. The van der Waals surface area contributed by atoms with Crippen LogP contribution in [0.1, 0.15) is 94.5 Å². The number of aromatic nitrogens is 3. The van der Waals surface area contributed by atoms with E-state index in [9.17, 15) is 10.1 Å². The van der Waals surface area contributed by atoms with Crippen LogP contribution in [0, 0.1) is 54.2 Å². The molecule has 5 heterocycles. The molecule has 2 fully saturated rings. The van der Waals surface area contributed by atoms with Crippen molar-refractivity contribution >= 4 is 45.4 Å². The van der Waals surface area contributed by atoms with Crippen LogP contribution in [0.3, 0.4) is 0 Å². The number of amidine groups is 2. The van der Waals surface area contributed by atoms with E-state index >= 15 is 4.39 Å². The number of oxazole rings is 1. The van der Waals surface area contributed by atoms with Gasteiger partial charge in [0.25, 0.3) is 11.7 Å². The summed E-state index contributed by atoms with van der Waals surface area (Å²) in [7, 11) is 1.53. The first kappa shape index (κ1) is 42.8. The van der Waals surface area contributed by atoms with Gasteiger partial charge < -0.3 is 29.8 Å². The number of amides is 1. The highest BCUT2D eigenvalue weighted by Crippen LogP contribution is 2.39. The van der Waals surface area contributed by atoms with Crippen molar-refractivity contribution in [1.82, 2.24) is 20.5 Å². The summed E-state index contributed by atoms with van der Waals surface area (Å²) in [6, 6.07) is 15.2. The Balaban J connectivity index is 0.865. The number of aryl methyl sites for hydroxylation is 1. The van der Waals surface area contributed by atoms with Gasteiger partial charge in [-0.1, -0.05) is 17.9 Å². The zero-order valence-corrected chi connectivity index (χ0v) is 36.4. The summed E-state index contributed by atoms with van der Waals surface area (Å²) in [4.78, 5) is 25.6. The Morgan fingerprint density at radius 2 is 1.86 bits per heavy atom. The number of rotatable bonds is 9. The molecule has 3 aromatic heterocycles. The van der Waals surface area contributed by atoms with Gasteiger partial charge in [0.2, 0.25) is 0 Å². The topological polar surface area (TPSA) is 192 Å². The van der Waals surface area contributed by atoms with Crippen molar-refractivity contribution in [2.75, 3.05) is 25.1 Å². The van der Waals surface area contributed by atoms with Crippen LogP contribution in [0.5, 0.6) is 11.5 Å². The molecule has 1 amide bonds. The first-order valence-electron chi connectivity index (χ1n) is 21.0. The van der Waals surface area contributed by atoms with Crippen LogP contribution >= 0.6 is 11.3 Å². The lowest BCUT2D eigenvalue weighted by molar-refractivity contribution is -0.309. The third-order valence-corrected chi connectivity index (χ3v) is 13.0. The van der Waals surface area contributed by atoms with Gasteiger partial charge in [-0.15, -0.1) is 21.5 Å². The summed E-state index contributed by atoms with van der Waals surface area (Å²) < 4.78 is 34.6. The van der Waals surface area contributed by atoms with Gasteiger partial charge in [-0.05, 0) is 94.3 Å². The molecule has 2 aliphatic heterocycles. The lowest BCUT2D eigenvalue weighted by atomic mass is 9.92. The average molecular weight is 868 g/mol. The van der Waals surface area contributed by atoms with E-state index in [0.29, 0.717) is 64.5 Å². The van der Waals surface area contributed by atoms with E-state index in [1.807, 2.05) is 26.0 Å². The molecule has 1 saturated heterocycles. The van der Waals surface area contributed by atoms with Gasteiger partial charge in [0.1, 0.15) is 35.7 Å². The molecule has 3 aliphatic rings. The lowest BCUT2D eigenvalue weighted by Gasteiger charge is -2.30. The molecule has 0 bridgehead atoms. The van der Waals surface area contributed by atoms with E-state index in [1.165, 1.54) is 30.8 Å². The van der Waals surface area contributed by atoms with Gasteiger partial charge in [-0.25, -0.2) is 9.37 Å². The van der Waals surface area contributed by atoms with E-state index in [1.54, 1.807) is 48.0 Å². The van der Waals surface area contributed by atoms with Gasteiger partial charge in [0, 0.05) is 48.5 Å². The van der Waals surface area contributed by atoms with Crippen LogP contribution < -0.4 is 25.4 Å². The number of aliphatic imine (C=N–C) groups is 1. The number of nitriles is 1. The fraction of sp³-hybridized carbons (Fsp3) is 0.362. The Bertz CT molecular complexity index is 2690. The molecule has 5 aromatic rings. The number of anilines is 1. The second kappa shape index (κ2) is 18.6. The molecule has 0 spiro atoms. The van der Waals surface area contributed by atoms with Crippen molar-refractivity contribution in [1.29, 1.82) is 10.7 Å². The fourth-order valence-corrected chi connectivity index (χ4v) is 9.47. The molecule has 1 saturated carbocycles. The number of fused-ring (bicyclic) bond motifs is 1. The standard InChI is InChI=1S/C47H47FN10O4S/c1-27-28(2)63-47-43(27)44(54-39(25-42-52-19-22-61-42)45(51)58(47)29(3)50)32-8-7-31(37(48)23-32)6-5-30-17-20-57(21-18-30)41-16-15-38(55-56-41)46(59)53-34-10-13-35(14-11-34)62-36-12-9-33(26-49)40(24-36)60-4/h7-9,12,15-16,19,22-24,30,34-35,39,50-51H,10-11,13-14,17-18,20-21,25H2,1-4H3,(H,53,59)/p+1. The first-order valence-corrected chi connectivity index (χ1v) is 21.8. The smallest absolute Gasteiger partial charge is 0.272 e. The minimum atomic E-state index is -0.676. The van der Waals surface area contributed by atoms with Gasteiger partial charge in [-0.2, -0.15) is 15.2 Å². The van der Waals surface area contributed by atoms with Crippen LogP contribution in [0.25, 0.3) is 0 Å². The predicted molar refractivity (Wildman–Crippen MR) is 238 cm³/mol. The molecule has 0 radical (unpaired) electrons. The molecule has 4 N–H and O–H groups in total. The zero-order chi connectivity index (χ0) is 44.2. The van der Waals surface area contributed by atoms with E-state index < -0.39 is 11.9 Å². The molecule has 63 heavy (non-hydrogen) atoms. The van der Waals surface area contributed by atoms with Crippen molar-refractivity contribution in [3.05, 3.63) is 111 Å². The second-order valence-corrected chi connectivity index (χ2v) is 17.2. The summed E-state index contributed by atoms with van der Waals surface area (Å²) in [6.07, 6.45) is 7.92. The number of nitrogens with one attached hydrogen (secondary N) is 2. The maximum absolute atomic E-state index is 15.9. The van der Waals surface area contributed by atoms with E-state index in [-0.39, 0.29) is 41.9 Å². The number of ether oxygens (including phenoxy) is 2. The predicted octanol–water partition coefficient (Wildman–Crippen LogP) is 7.01. The van der Waals surface area contributed by atoms with Crippen LogP contribution in [0.15, 0.2) is 70.4 Å². The van der Waals surface area contributed by atoms with Crippen molar-refractivity contribution in [3.63, 3.8) is 0 Å². The molecule has 1 atom stereocenters. The molecule has 16 heteroatoms. The van der Waals surface area contributed by atoms with Crippen LogP contribution in [-0.4, -0.2) is 81.4 Å². The number of hydrogen-bond donors (Lipinski definition) is 3. The number of nitrogens with zero attached hydrogens (tertiary/aromatic N) is 7. The molecule has 1 unspecified atom stereocenters. The molecule has 2 aromatic carbocycles. The Labute approximate surface area is 369 Å². The third-order valence-electron chi connectivity index (χ3n) is 11.8. The van der Waals surface area contributed by atoms with Crippen molar-refractivity contribution in [2.45, 2.75) is 83.9 Å². The summed E-state index contributed by atoms with van der Waals surface area (Å²) in [5, 5.41) is 30.9. The number of hydrogen-bond acceptors (Lipinski definition) is 12. The van der Waals surface area contributed by atoms with Crippen molar-refractivity contribution in [2.24, 2.45) is 16.6 Å². The van der Waals surface area contributed by atoms with E-state index in [4.69, 9.17) is 30.0 Å². The average Bonchev–Trinajstić information content (AvgIpc) is 3.88. The van der Waals surface area contributed by atoms with Crippen molar-refractivity contribution in [3.8, 4) is 29.4 Å². The minimum absolute atomic E-state index is 0.00589. The van der Waals surface area contributed by atoms with E-state index in [0.717, 1.165) is 59.5 Å². The van der Waals surface area contributed by atoms with Gasteiger partial charge in [0.15, 0.2) is 28.2 Å². The molecule has 1 aliphatic carbocycles. The summed E-state index contributed by atoms with van der Waals surface area (Å²) in [5.41, 5.74) is 10.4. The molecular formula is C47H48FN10O4S+. The zero-order valence-electron chi connectivity index (χ0n) is 35.6. The Kier molecular flexibility index (Phi) is 12.6. The number of piperidine rings is 1. The van der Waals surface area contributed by atoms with Gasteiger partial charge in [0.05, 0.1) is 48.2 Å². The molecular weight excluding hydrogens is 820 g/mol. The second-order valence-electron chi connectivity index (χ2n) is 16.0. The van der Waals surface area contributed by atoms with Gasteiger partial charge >= 0.3 is 0 Å². The fourth-order valence-electron chi connectivity index (χ4n) is 8.24. The normalized spacial score (nSPS) is 19.7. The maximum Gasteiger partial charge on any atom is 0.272 e. The highest BCUT2D eigenvalue weighted by molar-refractivity contribution is 7.16. The van der Waals surface area contributed by atoms with Gasteiger partial charge in [-0.3, -0.25) is 9.79 Å². The number of methoxy groups -OCH3 is 1. The molecule has 14 nitrogen and oxygen atoms in total. The third kappa shape index (κ3) is 9.32. The summed E-state index contributed by atoms with van der Waals surface area (Å²) >= 11 is 1.53. The van der Waals surface area contributed by atoms with Crippen LogP contribution in [0.4, 0.5) is 15.2 Å². The minimum Gasteiger partial charge on any atom is -0.495 e. The number of nitrogens with two attached hydrogens (primary N) is 1. The Hall–Kier alpha value is -6.91. The largest absolute Gasteiger partial charge is 0.495 e. The van der Waals surface area contributed by atoms with E-state index in [2.05, 4.69) is 43.3 Å². The number of carbonyl (C=O) groups is 1. The number of benzene rings is 2. The SMILES string of the molecule is COc1cc(OC2CCC(NC(=O)c3ccc(N4CCC(C#Cc5ccc(C6=NC(Cc7ncco7)C(=N)/[N+](=C(/C)N)c7sc(C)c(C)c76)cc5F)CC4)nn3)CC2)ccc1C#N. The highest BCUT2D eigenvalue weighted by atomic mass is 32.1. The van der Waals surface area contributed by atoms with Crippen LogP contribution in [0.2, 0.25) is 0 Å². The van der Waals surface area contributed by atoms with Crippen molar-refractivity contribution < 1.29 is 27.7 Å². The number of halogens is 1. The Morgan fingerprint density at radius 1 is 1.08 bits per heavy atom. The molecule has 8 rings (SSSR count). The monoisotopic (exact) mass is 867 g/mol. The lowest BCUT2D eigenvalue weighted by Crippen LogP contribution is -2.40. The number of carbonyl (C=O) groups excluding carboxylic acids is 1. The quantitative estimate of drug-likeness (QED) is 0.0789. The maximum atomic E-state index is 15.9. The first-order chi connectivity index (χ1) is 30.5. The molecule has 322 valence electrons. The Morgan fingerprint density at radius 3 is 2.52 bits per heavy atom. The number of thiophene rings is 1. The summed E-state index contributed by atoms with van der Waals surface area (Å²) in [5.74, 6) is 8.66. The van der Waals surface area contributed by atoms with Crippen LogP contribution in [-0.2, 0) is 6.42 Å².